The van der Waals surface area contributed by atoms with Gasteiger partial charge in [-0.05, 0) is 13.8 Å². The van der Waals surface area contributed by atoms with E-state index < -0.39 is 5.91 Å². The number of hydroxylamine groups is 2. The van der Waals surface area contributed by atoms with Crippen molar-refractivity contribution in [1.82, 2.24) is 5.06 Å². The molecule has 0 unspecified atom stereocenters. The molecule has 0 aliphatic rings. The summed E-state index contributed by atoms with van der Waals surface area (Å²) in [5.41, 5.74) is 0. The first kappa shape index (κ1) is 9.10. The van der Waals surface area contributed by atoms with Crippen LogP contribution in [0.3, 0.4) is 0 Å². The van der Waals surface area contributed by atoms with Crippen LogP contribution in [0.25, 0.3) is 0 Å². The van der Waals surface area contributed by atoms with Crippen LogP contribution in [0, 0.1) is 0 Å². The van der Waals surface area contributed by atoms with Crippen LogP contribution in [0.4, 0.5) is 0 Å². The molecule has 0 aromatic carbocycles. The second-order valence-electron chi connectivity index (χ2n) is 1.99. The molecular formula is C6H11NO3. The minimum absolute atomic E-state index is 0.214. The summed E-state index contributed by atoms with van der Waals surface area (Å²) < 4.78 is 0. The molecule has 0 bridgehead atoms. The molecule has 0 aromatic heterocycles. The molecule has 0 atom stereocenters. The molecule has 0 radical (unpaired) electrons. The van der Waals surface area contributed by atoms with E-state index in [-0.39, 0.29) is 18.7 Å². The van der Waals surface area contributed by atoms with Crippen molar-refractivity contribution in [2.75, 3.05) is 6.54 Å². The first-order valence-electron chi connectivity index (χ1n) is 3.06. The average Bonchev–Trinajstić information content (AvgIpc) is 1.85. The number of nitrogens with zero attached hydrogens (tertiary/aromatic N) is 1. The van der Waals surface area contributed by atoms with Gasteiger partial charge in [-0.25, -0.2) is 5.06 Å². The van der Waals surface area contributed by atoms with Crippen molar-refractivity contribution in [3.05, 3.63) is 0 Å². The zero-order valence-electron chi connectivity index (χ0n) is 6.13. The summed E-state index contributed by atoms with van der Waals surface area (Å²) >= 11 is 0. The molecule has 1 amide bonds. The second kappa shape index (κ2) is 4.00. The third-order valence-electron chi connectivity index (χ3n) is 0.988. The van der Waals surface area contributed by atoms with E-state index in [9.17, 15) is 9.59 Å². The van der Waals surface area contributed by atoms with Gasteiger partial charge in [0.2, 0.25) is 0 Å². The smallest absolute Gasteiger partial charge is 0.253 e. The van der Waals surface area contributed by atoms with Crippen LogP contribution >= 0.6 is 0 Å². The van der Waals surface area contributed by atoms with E-state index in [0.29, 0.717) is 5.06 Å². The van der Waals surface area contributed by atoms with Gasteiger partial charge in [-0.15, -0.1) is 0 Å². The highest BCUT2D eigenvalue weighted by Gasteiger charge is 2.09. The van der Waals surface area contributed by atoms with E-state index in [0.717, 1.165) is 0 Å². The average molecular weight is 145 g/mol. The van der Waals surface area contributed by atoms with Crippen molar-refractivity contribution in [3.63, 3.8) is 0 Å². The molecule has 4 nitrogen and oxygen atoms in total. The fraction of sp³-hybridized carbons (Fsp3) is 0.667. The van der Waals surface area contributed by atoms with Gasteiger partial charge in [0, 0.05) is 6.54 Å². The number of ketones is 1. The largest absolute Gasteiger partial charge is 0.299 e. The van der Waals surface area contributed by atoms with Gasteiger partial charge in [-0.1, -0.05) is 0 Å². The minimum atomic E-state index is -0.546. The van der Waals surface area contributed by atoms with Crippen LogP contribution in [-0.2, 0) is 9.59 Å². The van der Waals surface area contributed by atoms with Crippen LogP contribution in [0.5, 0.6) is 0 Å². The number of hydrogen-bond acceptors (Lipinski definition) is 3. The predicted octanol–water partition coefficient (Wildman–Crippen LogP) is 0.203. The van der Waals surface area contributed by atoms with E-state index in [4.69, 9.17) is 5.21 Å². The number of Topliss-reactive ketones (excluding diaryl/α,β-unsaturated/α-hetero) is 1. The molecule has 1 N–H and O–H groups in total. The minimum Gasteiger partial charge on any atom is -0.299 e. The maximum Gasteiger partial charge on any atom is 0.253 e. The van der Waals surface area contributed by atoms with Crippen LogP contribution in [-0.4, -0.2) is 28.5 Å². The van der Waals surface area contributed by atoms with Crippen LogP contribution in [0.1, 0.15) is 20.3 Å². The molecule has 4 heteroatoms. The first-order valence-corrected chi connectivity index (χ1v) is 3.06. The van der Waals surface area contributed by atoms with Gasteiger partial charge >= 0.3 is 0 Å². The summed E-state index contributed by atoms with van der Waals surface area (Å²) in [6, 6.07) is 0. The monoisotopic (exact) mass is 145 g/mol. The highest BCUT2D eigenvalue weighted by molar-refractivity contribution is 5.96. The van der Waals surface area contributed by atoms with Gasteiger partial charge in [0.25, 0.3) is 5.91 Å². The second-order valence-corrected chi connectivity index (χ2v) is 1.99. The number of rotatable bonds is 3. The van der Waals surface area contributed by atoms with Gasteiger partial charge in [-0.3, -0.25) is 14.8 Å². The molecule has 0 heterocycles. The lowest BCUT2D eigenvalue weighted by atomic mass is 10.3. The molecule has 0 saturated heterocycles. The van der Waals surface area contributed by atoms with E-state index in [1.54, 1.807) is 6.92 Å². The number of amides is 1. The predicted molar refractivity (Wildman–Crippen MR) is 34.5 cm³/mol. The fourth-order valence-corrected chi connectivity index (χ4v) is 0.481. The highest BCUT2D eigenvalue weighted by atomic mass is 16.5. The van der Waals surface area contributed by atoms with Crippen molar-refractivity contribution in [2.24, 2.45) is 0 Å². The quantitative estimate of drug-likeness (QED) is 0.350. The fourth-order valence-electron chi connectivity index (χ4n) is 0.481. The van der Waals surface area contributed by atoms with Gasteiger partial charge in [0.05, 0.1) is 6.42 Å². The zero-order valence-corrected chi connectivity index (χ0v) is 6.13. The van der Waals surface area contributed by atoms with Gasteiger partial charge in [0.15, 0.2) is 0 Å². The Bertz CT molecular complexity index is 144. The van der Waals surface area contributed by atoms with Gasteiger partial charge in [-0.2, -0.15) is 0 Å². The maximum atomic E-state index is 10.6. The summed E-state index contributed by atoms with van der Waals surface area (Å²) in [5, 5.41) is 9.24. The Morgan fingerprint density at radius 2 is 2.00 bits per heavy atom. The normalized spacial score (nSPS) is 9.10. The zero-order chi connectivity index (χ0) is 8.15. The summed E-state index contributed by atoms with van der Waals surface area (Å²) in [4.78, 5) is 21.0. The lowest BCUT2D eigenvalue weighted by Gasteiger charge is -2.09. The van der Waals surface area contributed by atoms with Crippen molar-refractivity contribution in [2.45, 2.75) is 20.3 Å². The van der Waals surface area contributed by atoms with Crippen molar-refractivity contribution in [3.8, 4) is 0 Å². The van der Waals surface area contributed by atoms with E-state index in [1.807, 2.05) is 0 Å². The Hall–Kier alpha value is -0.900. The molecule has 0 fully saturated rings. The van der Waals surface area contributed by atoms with E-state index in [1.165, 1.54) is 6.92 Å². The van der Waals surface area contributed by atoms with Gasteiger partial charge in [0.1, 0.15) is 5.78 Å². The molecule has 0 aliphatic carbocycles. The Morgan fingerprint density at radius 1 is 1.50 bits per heavy atom. The molecule has 0 aromatic rings. The Balaban J connectivity index is 3.73. The SMILES string of the molecule is CCN(O)C(=O)CC(C)=O. The molecular weight excluding hydrogens is 134 g/mol. The lowest BCUT2D eigenvalue weighted by Crippen LogP contribution is -2.28. The van der Waals surface area contributed by atoms with Gasteiger partial charge < -0.3 is 0 Å². The third kappa shape index (κ3) is 3.19. The van der Waals surface area contributed by atoms with Crippen LogP contribution in [0.15, 0.2) is 0 Å². The van der Waals surface area contributed by atoms with Crippen molar-refractivity contribution >= 4 is 11.7 Å². The standard InChI is InChI=1S/C6H11NO3/c1-3-7(10)6(9)4-5(2)8/h10H,3-4H2,1-2H3. The number of carbonyl (C=O) groups excluding carboxylic acids is 2. The van der Waals surface area contributed by atoms with Crippen LogP contribution < -0.4 is 0 Å². The lowest BCUT2D eigenvalue weighted by molar-refractivity contribution is -0.165. The van der Waals surface area contributed by atoms with Crippen molar-refractivity contribution < 1.29 is 14.8 Å². The Labute approximate surface area is 59.4 Å². The molecule has 0 saturated carbocycles. The highest BCUT2D eigenvalue weighted by Crippen LogP contribution is 1.89. The third-order valence-corrected chi connectivity index (χ3v) is 0.988. The number of hydrogen-bond donors (Lipinski definition) is 1. The van der Waals surface area contributed by atoms with Crippen molar-refractivity contribution in [1.29, 1.82) is 0 Å². The summed E-state index contributed by atoms with van der Waals surface area (Å²) in [6.07, 6.45) is -0.218. The van der Waals surface area contributed by atoms with Crippen LogP contribution in [0.2, 0.25) is 0 Å². The summed E-state index contributed by atoms with van der Waals surface area (Å²) in [7, 11) is 0. The topological polar surface area (TPSA) is 57.6 Å². The van der Waals surface area contributed by atoms with E-state index in [2.05, 4.69) is 0 Å². The maximum absolute atomic E-state index is 10.6. The summed E-state index contributed by atoms with van der Waals surface area (Å²) in [6.45, 7) is 3.14. The molecule has 0 aliphatic heterocycles. The molecule has 10 heavy (non-hydrogen) atoms. The molecule has 58 valence electrons. The Kier molecular flexibility index (Phi) is 3.64. The summed E-state index contributed by atoms with van der Waals surface area (Å²) in [5.74, 6) is -0.785. The molecule has 0 rings (SSSR count). The number of carbonyl (C=O) groups is 2. The molecule has 0 spiro atoms. The van der Waals surface area contributed by atoms with E-state index >= 15 is 0 Å². The Morgan fingerprint density at radius 3 is 2.30 bits per heavy atom. The first-order chi connectivity index (χ1) is 4.57.